The van der Waals surface area contributed by atoms with Gasteiger partial charge in [-0.3, -0.25) is 9.59 Å². The molecule has 0 aliphatic carbocycles. The maximum Gasteiger partial charge on any atom is 0.236 e. The van der Waals surface area contributed by atoms with Crippen LogP contribution in [0.25, 0.3) is 11.3 Å². The van der Waals surface area contributed by atoms with E-state index >= 15 is 0 Å². The SMILES string of the molecule is C[C@@H]1CCCN(C(=O)CSCC(=O)Nc2nc(-c3ccc4c(c3)OCO4)cs2)C1. The largest absolute Gasteiger partial charge is 0.454 e. The van der Waals surface area contributed by atoms with E-state index in [0.717, 1.165) is 36.5 Å². The topological polar surface area (TPSA) is 80.8 Å². The third kappa shape index (κ3) is 5.02. The molecule has 1 aromatic carbocycles. The Kier molecular flexibility index (Phi) is 6.25. The highest BCUT2D eigenvalue weighted by atomic mass is 32.2. The van der Waals surface area contributed by atoms with Crippen molar-refractivity contribution in [1.29, 1.82) is 0 Å². The summed E-state index contributed by atoms with van der Waals surface area (Å²) in [5.74, 6) is 2.52. The van der Waals surface area contributed by atoms with Crippen molar-refractivity contribution in [2.75, 3.05) is 36.7 Å². The van der Waals surface area contributed by atoms with Crippen molar-refractivity contribution in [3.8, 4) is 22.8 Å². The number of nitrogens with one attached hydrogen (secondary N) is 1. The van der Waals surface area contributed by atoms with Crippen molar-refractivity contribution in [2.45, 2.75) is 19.8 Å². The van der Waals surface area contributed by atoms with Crippen LogP contribution in [0.2, 0.25) is 0 Å². The van der Waals surface area contributed by atoms with Crippen LogP contribution in [0.4, 0.5) is 5.13 Å². The molecule has 1 fully saturated rings. The lowest BCUT2D eigenvalue weighted by Gasteiger charge is -2.30. The summed E-state index contributed by atoms with van der Waals surface area (Å²) in [6.45, 7) is 4.06. The van der Waals surface area contributed by atoms with E-state index in [1.54, 1.807) is 0 Å². The summed E-state index contributed by atoms with van der Waals surface area (Å²) in [6, 6.07) is 5.65. The number of thioether (sulfide) groups is 1. The van der Waals surface area contributed by atoms with Crippen LogP contribution in [-0.4, -0.2) is 53.1 Å². The first-order chi connectivity index (χ1) is 14.1. The maximum absolute atomic E-state index is 12.3. The van der Waals surface area contributed by atoms with Crippen molar-refractivity contribution < 1.29 is 19.1 Å². The number of ether oxygens (including phenoxy) is 2. The zero-order valence-corrected chi connectivity index (χ0v) is 17.8. The average molecular weight is 434 g/mol. The number of thiazole rings is 1. The van der Waals surface area contributed by atoms with E-state index in [1.807, 2.05) is 28.5 Å². The van der Waals surface area contributed by atoms with E-state index in [1.165, 1.54) is 29.5 Å². The van der Waals surface area contributed by atoms with Gasteiger partial charge in [0, 0.05) is 24.0 Å². The van der Waals surface area contributed by atoms with Gasteiger partial charge in [-0.2, -0.15) is 0 Å². The van der Waals surface area contributed by atoms with Gasteiger partial charge in [0.2, 0.25) is 18.6 Å². The van der Waals surface area contributed by atoms with Gasteiger partial charge in [0.05, 0.1) is 17.2 Å². The Morgan fingerprint density at radius 3 is 3.03 bits per heavy atom. The second-order valence-electron chi connectivity index (χ2n) is 7.23. The van der Waals surface area contributed by atoms with Gasteiger partial charge in [-0.1, -0.05) is 6.92 Å². The molecular formula is C20H23N3O4S2. The Hall–Kier alpha value is -2.26. The van der Waals surface area contributed by atoms with Gasteiger partial charge >= 0.3 is 0 Å². The molecule has 1 aromatic heterocycles. The van der Waals surface area contributed by atoms with E-state index in [-0.39, 0.29) is 24.4 Å². The molecule has 2 aromatic rings. The van der Waals surface area contributed by atoms with Crippen molar-refractivity contribution in [3.05, 3.63) is 23.6 Å². The Bertz CT molecular complexity index is 902. The summed E-state index contributed by atoms with van der Waals surface area (Å²) in [6.07, 6.45) is 2.25. The van der Waals surface area contributed by atoms with E-state index in [0.29, 0.717) is 22.6 Å². The fourth-order valence-corrected chi connectivity index (χ4v) is 4.87. The molecule has 1 saturated heterocycles. The number of carbonyl (C=O) groups is 2. The van der Waals surface area contributed by atoms with Gasteiger partial charge in [0.1, 0.15) is 0 Å². The Morgan fingerprint density at radius 2 is 2.17 bits per heavy atom. The molecule has 7 nitrogen and oxygen atoms in total. The number of fused-ring (bicyclic) bond motifs is 1. The number of hydrogen-bond acceptors (Lipinski definition) is 7. The van der Waals surface area contributed by atoms with Crippen molar-refractivity contribution in [1.82, 2.24) is 9.88 Å². The molecule has 154 valence electrons. The molecule has 3 heterocycles. The molecule has 0 bridgehead atoms. The molecule has 0 unspecified atom stereocenters. The maximum atomic E-state index is 12.3. The van der Waals surface area contributed by atoms with Crippen LogP contribution in [-0.2, 0) is 9.59 Å². The molecule has 0 saturated carbocycles. The van der Waals surface area contributed by atoms with Crippen molar-refractivity contribution >= 4 is 40.0 Å². The van der Waals surface area contributed by atoms with E-state index in [4.69, 9.17) is 9.47 Å². The zero-order valence-electron chi connectivity index (χ0n) is 16.2. The lowest BCUT2D eigenvalue weighted by Crippen LogP contribution is -2.40. The number of likely N-dealkylation sites (tertiary alicyclic amines) is 1. The van der Waals surface area contributed by atoms with Crippen LogP contribution >= 0.6 is 23.1 Å². The summed E-state index contributed by atoms with van der Waals surface area (Å²) in [7, 11) is 0. The number of benzene rings is 1. The molecule has 2 aliphatic heterocycles. The highest BCUT2D eigenvalue weighted by Crippen LogP contribution is 2.36. The van der Waals surface area contributed by atoms with E-state index in [2.05, 4.69) is 17.2 Å². The Balaban J connectivity index is 1.24. The first-order valence-corrected chi connectivity index (χ1v) is 11.6. The molecule has 29 heavy (non-hydrogen) atoms. The first-order valence-electron chi connectivity index (χ1n) is 9.59. The van der Waals surface area contributed by atoms with Gasteiger partial charge in [-0.25, -0.2) is 4.98 Å². The number of rotatable bonds is 6. The Morgan fingerprint density at radius 1 is 1.31 bits per heavy atom. The summed E-state index contributed by atoms with van der Waals surface area (Å²) < 4.78 is 10.7. The van der Waals surface area contributed by atoms with Gasteiger partial charge in [0.25, 0.3) is 0 Å². The van der Waals surface area contributed by atoms with Crippen LogP contribution in [0, 0.1) is 5.92 Å². The lowest BCUT2D eigenvalue weighted by atomic mass is 10.0. The lowest BCUT2D eigenvalue weighted by molar-refractivity contribution is -0.130. The standard InChI is InChI=1S/C20H23N3O4S2/c1-13-3-2-6-23(8-13)19(25)11-28-10-18(24)22-20-21-15(9-29-20)14-4-5-16-17(7-14)27-12-26-16/h4-5,7,9,13H,2-3,6,8,10-12H2,1H3,(H,21,22,24)/t13-/m1/s1. The summed E-state index contributed by atoms with van der Waals surface area (Å²) in [4.78, 5) is 30.9. The first kappa shape index (κ1) is 20.0. The fourth-order valence-electron chi connectivity index (χ4n) is 3.41. The number of carbonyl (C=O) groups excluding carboxylic acids is 2. The van der Waals surface area contributed by atoms with Crippen LogP contribution in [0.1, 0.15) is 19.8 Å². The van der Waals surface area contributed by atoms with E-state index in [9.17, 15) is 9.59 Å². The van der Waals surface area contributed by atoms with Gasteiger partial charge in [0.15, 0.2) is 16.6 Å². The van der Waals surface area contributed by atoms with Crippen LogP contribution in [0.15, 0.2) is 23.6 Å². The zero-order chi connectivity index (χ0) is 20.2. The van der Waals surface area contributed by atoms with Crippen molar-refractivity contribution in [3.63, 3.8) is 0 Å². The predicted molar refractivity (Wildman–Crippen MR) is 115 cm³/mol. The molecule has 1 N–H and O–H groups in total. The molecule has 2 aliphatic rings. The second kappa shape index (κ2) is 9.04. The summed E-state index contributed by atoms with van der Waals surface area (Å²) >= 11 is 2.71. The predicted octanol–water partition coefficient (Wildman–Crippen LogP) is 3.47. The number of piperidine rings is 1. The van der Waals surface area contributed by atoms with Crippen LogP contribution in [0.5, 0.6) is 11.5 Å². The number of anilines is 1. The monoisotopic (exact) mass is 433 g/mol. The third-order valence-corrected chi connectivity index (χ3v) is 6.56. The van der Waals surface area contributed by atoms with Crippen LogP contribution in [0.3, 0.4) is 0 Å². The number of amides is 2. The smallest absolute Gasteiger partial charge is 0.236 e. The number of hydrogen-bond donors (Lipinski definition) is 1. The van der Waals surface area contributed by atoms with E-state index < -0.39 is 0 Å². The average Bonchev–Trinajstić information content (AvgIpc) is 3.36. The van der Waals surface area contributed by atoms with Gasteiger partial charge < -0.3 is 19.7 Å². The molecule has 1 atom stereocenters. The Labute approximate surface area is 177 Å². The molecular weight excluding hydrogens is 410 g/mol. The second-order valence-corrected chi connectivity index (χ2v) is 9.08. The third-order valence-electron chi connectivity index (χ3n) is 4.89. The molecule has 0 radical (unpaired) electrons. The minimum absolute atomic E-state index is 0.119. The summed E-state index contributed by atoms with van der Waals surface area (Å²) in [5, 5.41) is 5.24. The van der Waals surface area contributed by atoms with Crippen LogP contribution < -0.4 is 14.8 Å². The fraction of sp³-hybridized carbons (Fsp3) is 0.450. The summed E-state index contributed by atoms with van der Waals surface area (Å²) in [5.41, 5.74) is 1.67. The van der Waals surface area contributed by atoms with Gasteiger partial charge in [-0.15, -0.1) is 23.1 Å². The minimum atomic E-state index is -0.151. The minimum Gasteiger partial charge on any atom is -0.454 e. The highest BCUT2D eigenvalue weighted by Gasteiger charge is 2.21. The van der Waals surface area contributed by atoms with Crippen molar-refractivity contribution in [2.24, 2.45) is 5.92 Å². The quantitative estimate of drug-likeness (QED) is 0.751. The normalized spacial score (nSPS) is 18.0. The molecule has 9 heteroatoms. The number of nitrogens with zero attached hydrogens (tertiary/aromatic N) is 2. The molecule has 4 rings (SSSR count). The molecule has 2 amide bonds. The molecule has 0 spiro atoms. The highest BCUT2D eigenvalue weighted by molar-refractivity contribution is 8.00. The van der Waals surface area contributed by atoms with Gasteiger partial charge in [-0.05, 0) is 37.0 Å². The number of aromatic nitrogens is 1.